The van der Waals surface area contributed by atoms with Crippen LogP contribution >= 0.6 is 23.1 Å². The largest absolute Gasteiger partial charge is 0.331 e. The number of thioether (sulfide) groups is 1. The molecule has 1 atom stereocenters. The van der Waals surface area contributed by atoms with Gasteiger partial charge in [-0.1, -0.05) is 42.1 Å². The number of likely N-dealkylation sites (tertiary alicyclic amines) is 1. The normalized spacial score (nSPS) is 15.8. The van der Waals surface area contributed by atoms with Crippen molar-refractivity contribution in [1.29, 1.82) is 0 Å². The first-order valence-corrected chi connectivity index (χ1v) is 12.2. The van der Waals surface area contributed by atoms with Crippen molar-refractivity contribution in [2.75, 3.05) is 27.2 Å². The smallest absolute Gasteiger partial charge is 0.319 e. The van der Waals surface area contributed by atoms with Gasteiger partial charge in [0.25, 0.3) is 5.91 Å². The van der Waals surface area contributed by atoms with E-state index in [1.165, 1.54) is 37.6 Å². The summed E-state index contributed by atoms with van der Waals surface area (Å²) in [6, 6.07) is 11.2. The number of amides is 2. The predicted octanol–water partition coefficient (Wildman–Crippen LogP) is 2.43. The van der Waals surface area contributed by atoms with Gasteiger partial charge in [-0.2, -0.15) is 4.68 Å². The average Bonchev–Trinajstić information content (AvgIpc) is 3.56. The Hall–Kier alpha value is -3.02. The molecule has 1 saturated heterocycles. The van der Waals surface area contributed by atoms with Crippen LogP contribution in [0.15, 0.2) is 46.9 Å². The topological polar surface area (TPSA) is 114 Å². The Morgan fingerprint density at radius 1 is 1.21 bits per heavy atom. The van der Waals surface area contributed by atoms with Gasteiger partial charge in [0, 0.05) is 32.9 Å². The zero-order valence-corrected chi connectivity index (χ0v) is 19.9. The van der Waals surface area contributed by atoms with Gasteiger partial charge in [-0.3, -0.25) is 9.59 Å². The first-order valence-electron chi connectivity index (χ1n) is 10.3. The van der Waals surface area contributed by atoms with Crippen LogP contribution in [0.5, 0.6) is 0 Å². The molecule has 0 spiro atoms. The molecule has 1 aromatic carbocycles. The summed E-state index contributed by atoms with van der Waals surface area (Å²) < 4.78 is 1.27. The first kappa shape index (κ1) is 23.1. The molecule has 172 valence electrons. The third-order valence-corrected chi connectivity index (χ3v) is 7.11. The molecule has 9 nitrogen and oxygen atoms in total. The summed E-state index contributed by atoms with van der Waals surface area (Å²) in [7, 11) is 3.28. The maximum absolute atomic E-state index is 13.1. The fourth-order valence-corrected chi connectivity index (χ4v) is 4.99. The number of rotatable bonds is 6. The van der Waals surface area contributed by atoms with E-state index in [0.29, 0.717) is 22.3 Å². The van der Waals surface area contributed by atoms with Gasteiger partial charge in [-0.15, -0.1) is 16.4 Å². The molecule has 0 bridgehead atoms. The van der Waals surface area contributed by atoms with Crippen LogP contribution in [0, 0.1) is 0 Å². The highest BCUT2D eigenvalue weighted by atomic mass is 32.2. The van der Waals surface area contributed by atoms with Crippen LogP contribution in [-0.4, -0.2) is 69.5 Å². The lowest BCUT2D eigenvalue weighted by atomic mass is 10.1. The van der Waals surface area contributed by atoms with Gasteiger partial charge < -0.3 is 15.5 Å². The Labute approximate surface area is 199 Å². The number of ketones is 1. The molecular formula is C22H24N6O3S2. The number of Topliss-reactive ketones (excluding diaryl/α,β-unsaturated/α-hetero) is 1. The number of hydrogen-bond donors (Lipinski definition) is 1. The summed E-state index contributed by atoms with van der Waals surface area (Å²) in [6.07, 6.45) is 0. The zero-order valence-electron chi connectivity index (χ0n) is 18.3. The highest BCUT2D eigenvalue weighted by molar-refractivity contribution is 7.98. The van der Waals surface area contributed by atoms with Crippen molar-refractivity contribution >= 4 is 40.8 Å². The number of hydrogen-bond acceptors (Lipinski definition) is 8. The molecule has 4 rings (SSSR count). The lowest BCUT2D eigenvalue weighted by Gasteiger charge is -2.19. The Bertz CT molecular complexity index is 1160. The van der Waals surface area contributed by atoms with Crippen LogP contribution in [0.2, 0.25) is 0 Å². The number of aromatic nitrogens is 3. The van der Waals surface area contributed by atoms with Crippen LogP contribution in [-0.2, 0) is 17.1 Å². The van der Waals surface area contributed by atoms with Gasteiger partial charge in [0.15, 0.2) is 16.8 Å². The molecule has 2 N–H and O–H groups in total. The fourth-order valence-electron chi connectivity index (χ4n) is 3.45. The maximum atomic E-state index is 13.1. The molecule has 2 aromatic heterocycles. The average molecular weight is 485 g/mol. The van der Waals surface area contributed by atoms with Crippen molar-refractivity contribution in [3.05, 3.63) is 63.6 Å². The minimum atomic E-state index is -0.658. The molecule has 1 aliphatic heterocycles. The van der Waals surface area contributed by atoms with E-state index in [9.17, 15) is 14.4 Å². The number of nitrogens with two attached hydrogens (primary N) is 1. The number of urea groups is 1. The van der Waals surface area contributed by atoms with Crippen LogP contribution in [0.4, 0.5) is 4.79 Å². The van der Waals surface area contributed by atoms with E-state index in [1.807, 2.05) is 29.6 Å². The highest BCUT2D eigenvalue weighted by Crippen LogP contribution is 2.28. The van der Waals surface area contributed by atoms with Crippen LogP contribution in [0.3, 0.4) is 0 Å². The van der Waals surface area contributed by atoms with E-state index in [1.54, 1.807) is 26.2 Å². The van der Waals surface area contributed by atoms with Crippen LogP contribution in [0.25, 0.3) is 0 Å². The van der Waals surface area contributed by atoms with Crippen molar-refractivity contribution in [3.8, 4) is 0 Å². The standard InChI is InChI=1S/C22H24N6O3S2/c1-26(2)22(31)27-11-16(17(29)12-27)19-24-21(28(25-19)20(30)18-4-3-9-32-18)33-13-15-7-5-14(10-23)6-8-15/h3-9,16H,10-13,23H2,1-2H3. The molecule has 3 heterocycles. The van der Waals surface area contributed by atoms with Gasteiger partial charge >= 0.3 is 6.03 Å². The van der Waals surface area contributed by atoms with Crippen LogP contribution in [0.1, 0.15) is 32.5 Å². The number of nitrogens with zero attached hydrogens (tertiary/aromatic N) is 5. The molecule has 1 aliphatic rings. The van der Waals surface area contributed by atoms with Crippen molar-refractivity contribution < 1.29 is 14.4 Å². The molecule has 33 heavy (non-hydrogen) atoms. The molecule has 1 fully saturated rings. The second-order valence-corrected chi connectivity index (χ2v) is 9.72. The first-order chi connectivity index (χ1) is 15.9. The minimum absolute atomic E-state index is 0.00502. The Morgan fingerprint density at radius 2 is 1.94 bits per heavy atom. The number of carbonyl (C=O) groups excluding carboxylic acids is 3. The maximum Gasteiger partial charge on any atom is 0.319 e. The number of carbonyl (C=O) groups is 3. The Balaban J connectivity index is 1.60. The predicted molar refractivity (Wildman–Crippen MR) is 126 cm³/mol. The van der Waals surface area contributed by atoms with Gasteiger partial charge in [0.2, 0.25) is 0 Å². The lowest BCUT2D eigenvalue weighted by molar-refractivity contribution is -0.118. The Morgan fingerprint density at radius 3 is 2.58 bits per heavy atom. The quantitative estimate of drug-likeness (QED) is 0.535. The minimum Gasteiger partial charge on any atom is -0.331 e. The third kappa shape index (κ3) is 5.00. The van der Waals surface area contributed by atoms with E-state index in [0.717, 1.165) is 11.1 Å². The molecule has 3 aromatic rings. The summed E-state index contributed by atoms with van der Waals surface area (Å²) >= 11 is 2.69. The molecule has 0 aliphatic carbocycles. The van der Waals surface area contributed by atoms with Gasteiger partial charge in [0.1, 0.15) is 0 Å². The van der Waals surface area contributed by atoms with E-state index in [4.69, 9.17) is 5.73 Å². The molecule has 2 amide bonds. The van der Waals surface area contributed by atoms with Crippen molar-refractivity contribution in [2.45, 2.75) is 23.4 Å². The number of thiophene rings is 1. The van der Waals surface area contributed by atoms with Gasteiger partial charge in [0.05, 0.1) is 17.3 Å². The second-order valence-electron chi connectivity index (χ2n) is 7.83. The molecule has 0 radical (unpaired) electrons. The monoisotopic (exact) mass is 484 g/mol. The second kappa shape index (κ2) is 9.86. The van der Waals surface area contributed by atoms with Crippen LogP contribution < -0.4 is 5.73 Å². The summed E-state index contributed by atoms with van der Waals surface area (Å²) in [5, 5.41) is 6.66. The van der Waals surface area contributed by atoms with E-state index < -0.39 is 5.92 Å². The van der Waals surface area contributed by atoms with E-state index in [2.05, 4.69) is 10.1 Å². The van der Waals surface area contributed by atoms with E-state index >= 15 is 0 Å². The van der Waals surface area contributed by atoms with Crippen molar-refractivity contribution in [3.63, 3.8) is 0 Å². The van der Waals surface area contributed by atoms with Gasteiger partial charge in [-0.05, 0) is 22.6 Å². The summed E-state index contributed by atoms with van der Waals surface area (Å²) in [5.41, 5.74) is 7.76. The highest BCUT2D eigenvalue weighted by Gasteiger charge is 2.38. The lowest BCUT2D eigenvalue weighted by Crippen LogP contribution is -2.37. The molecule has 11 heteroatoms. The van der Waals surface area contributed by atoms with Gasteiger partial charge in [-0.25, -0.2) is 9.78 Å². The van der Waals surface area contributed by atoms with Crippen molar-refractivity contribution in [2.24, 2.45) is 5.73 Å². The molecule has 0 saturated carbocycles. The number of benzene rings is 1. The molecule has 1 unspecified atom stereocenters. The molecular weight excluding hydrogens is 460 g/mol. The fraction of sp³-hybridized carbons (Fsp3) is 0.318. The summed E-state index contributed by atoms with van der Waals surface area (Å²) in [4.78, 5) is 46.0. The SMILES string of the molecule is CN(C)C(=O)N1CC(=O)C(c2nc(SCc3ccc(CN)cc3)n(C(=O)c3cccs3)n2)C1. The summed E-state index contributed by atoms with van der Waals surface area (Å²) in [5.74, 6) is -0.254. The summed E-state index contributed by atoms with van der Waals surface area (Å²) in [6.45, 7) is 0.673. The third-order valence-electron chi connectivity index (χ3n) is 5.25. The van der Waals surface area contributed by atoms with E-state index in [-0.39, 0.29) is 36.6 Å². The van der Waals surface area contributed by atoms with Crippen molar-refractivity contribution in [1.82, 2.24) is 24.6 Å². The zero-order chi connectivity index (χ0) is 23.5. The Kier molecular flexibility index (Phi) is 6.91.